The summed E-state index contributed by atoms with van der Waals surface area (Å²) in [5, 5.41) is 12.7. The van der Waals surface area contributed by atoms with E-state index in [1.165, 1.54) is 12.5 Å². The van der Waals surface area contributed by atoms with Crippen molar-refractivity contribution in [1.82, 2.24) is 5.32 Å². The highest BCUT2D eigenvalue weighted by Gasteiger charge is 2.23. The first-order valence-corrected chi connectivity index (χ1v) is 5.78. The lowest BCUT2D eigenvalue weighted by molar-refractivity contribution is 0.0818. The summed E-state index contributed by atoms with van der Waals surface area (Å²) in [6.45, 7) is 0. The molecule has 0 radical (unpaired) electrons. The Hall–Kier alpha value is -1.29. The zero-order valence-electron chi connectivity index (χ0n) is 9.19. The van der Waals surface area contributed by atoms with Crippen molar-refractivity contribution in [2.45, 2.75) is 44.2 Å². The summed E-state index contributed by atoms with van der Waals surface area (Å²) in [4.78, 5) is 11.7. The first kappa shape index (κ1) is 11.2. The van der Waals surface area contributed by atoms with Gasteiger partial charge in [0.25, 0.3) is 5.91 Å². The monoisotopic (exact) mass is 223 g/mol. The third-order valence-electron chi connectivity index (χ3n) is 3.08. The average molecular weight is 223 g/mol. The quantitative estimate of drug-likeness (QED) is 0.750. The molecule has 1 aromatic rings. The van der Waals surface area contributed by atoms with E-state index in [-0.39, 0.29) is 11.9 Å². The number of carbonyl (C=O) groups excluding carboxylic acids is 1. The predicted octanol–water partition coefficient (Wildman–Crippen LogP) is 1.70. The summed E-state index contributed by atoms with van der Waals surface area (Å²) < 4.78 is 4.85. The van der Waals surface area contributed by atoms with E-state index in [0.29, 0.717) is 5.56 Å². The number of hydrogen-bond donors (Lipinski definition) is 2. The topological polar surface area (TPSA) is 62.5 Å². The fraction of sp³-hybridized carbons (Fsp3) is 0.583. The molecule has 0 saturated heterocycles. The molecule has 4 nitrogen and oxygen atoms in total. The van der Waals surface area contributed by atoms with E-state index in [0.717, 1.165) is 32.1 Å². The van der Waals surface area contributed by atoms with Crippen molar-refractivity contribution in [2.24, 2.45) is 0 Å². The number of carbonyl (C=O) groups is 1. The van der Waals surface area contributed by atoms with E-state index in [2.05, 4.69) is 5.32 Å². The van der Waals surface area contributed by atoms with Crippen molar-refractivity contribution >= 4 is 5.91 Å². The van der Waals surface area contributed by atoms with Crippen molar-refractivity contribution in [3.8, 4) is 0 Å². The number of rotatable bonds is 2. The second-order valence-electron chi connectivity index (χ2n) is 4.30. The smallest absolute Gasteiger partial charge is 0.254 e. The number of furan rings is 1. The van der Waals surface area contributed by atoms with Gasteiger partial charge in [0.15, 0.2) is 0 Å². The van der Waals surface area contributed by atoms with E-state index in [1.54, 1.807) is 6.07 Å². The van der Waals surface area contributed by atoms with Crippen LogP contribution in [0, 0.1) is 0 Å². The molecule has 1 aliphatic rings. The van der Waals surface area contributed by atoms with Crippen molar-refractivity contribution in [1.29, 1.82) is 0 Å². The largest absolute Gasteiger partial charge is 0.472 e. The second kappa shape index (κ2) is 5.16. The van der Waals surface area contributed by atoms with Crippen molar-refractivity contribution < 1.29 is 14.3 Å². The molecule has 1 aliphatic carbocycles. The highest BCUT2D eigenvalue weighted by Crippen LogP contribution is 2.18. The van der Waals surface area contributed by atoms with E-state index >= 15 is 0 Å². The summed E-state index contributed by atoms with van der Waals surface area (Å²) in [7, 11) is 0. The highest BCUT2D eigenvalue weighted by molar-refractivity contribution is 5.93. The standard InChI is InChI=1S/C12H17NO3/c14-11-5-3-1-2-4-10(11)13-12(15)9-6-7-16-8-9/h6-8,10-11,14H,1-5H2,(H,13,15). The minimum Gasteiger partial charge on any atom is -0.472 e. The van der Waals surface area contributed by atoms with Crippen molar-refractivity contribution in [2.75, 3.05) is 0 Å². The van der Waals surface area contributed by atoms with Gasteiger partial charge in [0.05, 0.1) is 24.0 Å². The number of hydrogen-bond acceptors (Lipinski definition) is 3. The number of aliphatic hydroxyl groups is 1. The van der Waals surface area contributed by atoms with E-state index < -0.39 is 6.10 Å². The molecule has 1 saturated carbocycles. The van der Waals surface area contributed by atoms with Gasteiger partial charge >= 0.3 is 0 Å². The molecule has 2 unspecified atom stereocenters. The van der Waals surface area contributed by atoms with Gasteiger partial charge in [0.2, 0.25) is 0 Å². The Morgan fingerprint density at radius 1 is 1.38 bits per heavy atom. The minimum atomic E-state index is -0.418. The number of nitrogens with one attached hydrogen (secondary N) is 1. The normalized spacial score (nSPS) is 26.1. The summed E-state index contributed by atoms with van der Waals surface area (Å²) in [6, 6.07) is 1.50. The Balaban J connectivity index is 1.95. The van der Waals surface area contributed by atoms with E-state index in [9.17, 15) is 9.90 Å². The Bertz CT molecular complexity index is 334. The molecule has 0 spiro atoms. The fourth-order valence-corrected chi connectivity index (χ4v) is 2.10. The predicted molar refractivity (Wildman–Crippen MR) is 59.1 cm³/mol. The van der Waals surface area contributed by atoms with Gasteiger partial charge in [-0.1, -0.05) is 19.3 Å². The molecule has 0 aliphatic heterocycles. The van der Waals surface area contributed by atoms with Crippen LogP contribution in [0.25, 0.3) is 0 Å². The molecule has 0 bridgehead atoms. The zero-order chi connectivity index (χ0) is 11.4. The highest BCUT2D eigenvalue weighted by atomic mass is 16.3. The minimum absolute atomic E-state index is 0.120. The molecule has 88 valence electrons. The first-order valence-electron chi connectivity index (χ1n) is 5.78. The lowest BCUT2D eigenvalue weighted by atomic mass is 10.1. The van der Waals surface area contributed by atoms with Crippen LogP contribution in [0.2, 0.25) is 0 Å². The Labute approximate surface area is 94.6 Å². The molecule has 2 rings (SSSR count). The van der Waals surface area contributed by atoms with Crippen LogP contribution in [0.3, 0.4) is 0 Å². The SMILES string of the molecule is O=C(NC1CCCCCC1O)c1ccoc1. The van der Waals surface area contributed by atoms with Gasteiger partial charge in [-0.15, -0.1) is 0 Å². The molecule has 4 heteroatoms. The third kappa shape index (κ3) is 2.64. The van der Waals surface area contributed by atoms with Crippen LogP contribution in [0.15, 0.2) is 23.0 Å². The lowest BCUT2D eigenvalue weighted by Crippen LogP contribution is -2.42. The number of amides is 1. The lowest BCUT2D eigenvalue weighted by Gasteiger charge is -2.21. The van der Waals surface area contributed by atoms with Crippen LogP contribution in [0.4, 0.5) is 0 Å². The van der Waals surface area contributed by atoms with E-state index in [1.807, 2.05) is 0 Å². The molecule has 1 heterocycles. The van der Waals surface area contributed by atoms with Gasteiger partial charge in [0.1, 0.15) is 6.26 Å². The van der Waals surface area contributed by atoms with Crippen LogP contribution < -0.4 is 5.32 Å². The molecular formula is C12H17NO3. The van der Waals surface area contributed by atoms with Gasteiger partial charge in [-0.2, -0.15) is 0 Å². The van der Waals surface area contributed by atoms with Gasteiger partial charge in [-0.3, -0.25) is 4.79 Å². The van der Waals surface area contributed by atoms with Gasteiger partial charge in [-0.25, -0.2) is 0 Å². The van der Waals surface area contributed by atoms with Crippen molar-refractivity contribution in [3.63, 3.8) is 0 Å². The Morgan fingerprint density at radius 2 is 2.19 bits per heavy atom. The molecule has 0 aromatic carbocycles. The maximum atomic E-state index is 11.7. The molecule has 2 atom stereocenters. The molecule has 1 amide bonds. The van der Waals surface area contributed by atoms with Gasteiger partial charge in [-0.05, 0) is 18.9 Å². The molecule has 16 heavy (non-hydrogen) atoms. The van der Waals surface area contributed by atoms with Crippen molar-refractivity contribution in [3.05, 3.63) is 24.2 Å². The first-order chi connectivity index (χ1) is 7.77. The van der Waals surface area contributed by atoms with Crippen LogP contribution in [-0.2, 0) is 0 Å². The Morgan fingerprint density at radius 3 is 2.94 bits per heavy atom. The van der Waals surface area contributed by atoms with E-state index in [4.69, 9.17) is 4.42 Å². The van der Waals surface area contributed by atoms with Gasteiger partial charge in [0, 0.05) is 0 Å². The summed E-state index contributed by atoms with van der Waals surface area (Å²) >= 11 is 0. The van der Waals surface area contributed by atoms with Crippen LogP contribution in [0.5, 0.6) is 0 Å². The summed E-state index contributed by atoms with van der Waals surface area (Å²) in [6.07, 6.45) is 7.33. The van der Waals surface area contributed by atoms with Crippen LogP contribution in [-0.4, -0.2) is 23.2 Å². The molecule has 1 aromatic heterocycles. The maximum absolute atomic E-state index is 11.7. The molecule has 1 fully saturated rings. The summed E-state index contributed by atoms with van der Waals surface area (Å²) in [5.41, 5.74) is 0.511. The number of aliphatic hydroxyl groups excluding tert-OH is 1. The second-order valence-corrected chi connectivity index (χ2v) is 4.30. The molecular weight excluding hydrogens is 206 g/mol. The third-order valence-corrected chi connectivity index (χ3v) is 3.08. The Kier molecular flexibility index (Phi) is 3.62. The zero-order valence-corrected chi connectivity index (χ0v) is 9.19. The maximum Gasteiger partial charge on any atom is 0.254 e. The van der Waals surface area contributed by atoms with Crippen LogP contribution >= 0.6 is 0 Å². The molecule has 2 N–H and O–H groups in total. The van der Waals surface area contributed by atoms with Crippen LogP contribution in [0.1, 0.15) is 42.5 Å². The fourth-order valence-electron chi connectivity index (χ4n) is 2.10. The summed E-state index contributed by atoms with van der Waals surface area (Å²) in [5.74, 6) is -0.167. The van der Waals surface area contributed by atoms with Gasteiger partial charge < -0.3 is 14.8 Å². The average Bonchev–Trinajstić information content (AvgIpc) is 2.73.